The lowest BCUT2D eigenvalue weighted by atomic mass is 10.2. The number of anilines is 2. The highest BCUT2D eigenvalue weighted by Gasteiger charge is 2.08. The molecular formula is C16H19ClN4O. The number of carbonyl (C=O) groups is 1. The van der Waals surface area contributed by atoms with Crippen molar-refractivity contribution >= 4 is 29.0 Å². The summed E-state index contributed by atoms with van der Waals surface area (Å²) in [5, 5.41) is 6.59. The molecule has 0 spiro atoms. The van der Waals surface area contributed by atoms with Gasteiger partial charge in [0, 0.05) is 17.3 Å². The molecule has 2 N–H and O–H groups in total. The Balaban J connectivity index is 2.02. The molecule has 5 nitrogen and oxygen atoms in total. The number of aromatic nitrogens is 2. The van der Waals surface area contributed by atoms with E-state index in [4.69, 9.17) is 11.6 Å². The van der Waals surface area contributed by atoms with E-state index >= 15 is 0 Å². The predicted molar refractivity (Wildman–Crippen MR) is 88.7 cm³/mol. The normalized spacial score (nSPS) is 10.3. The minimum Gasteiger partial charge on any atom is -0.351 e. The van der Waals surface area contributed by atoms with Crippen molar-refractivity contribution in [2.24, 2.45) is 0 Å². The molecule has 0 radical (unpaired) electrons. The van der Waals surface area contributed by atoms with Gasteiger partial charge in [0.05, 0.1) is 12.4 Å². The third-order valence-electron chi connectivity index (χ3n) is 3.16. The van der Waals surface area contributed by atoms with Gasteiger partial charge >= 0.3 is 0 Å². The fourth-order valence-electron chi connectivity index (χ4n) is 1.85. The zero-order chi connectivity index (χ0) is 15.9. The number of nitrogens with one attached hydrogen (secondary N) is 2. The summed E-state index contributed by atoms with van der Waals surface area (Å²) in [6, 6.07) is 5.58. The van der Waals surface area contributed by atoms with E-state index < -0.39 is 0 Å². The molecule has 0 aliphatic carbocycles. The molecule has 1 aromatic carbocycles. The average molecular weight is 319 g/mol. The van der Waals surface area contributed by atoms with E-state index in [1.54, 1.807) is 0 Å². The maximum atomic E-state index is 11.8. The number of carbonyl (C=O) groups excluding carboxylic acids is 1. The monoisotopic (exact) mass is 318 g/mol. The van der Waals surface area contributed by atoms with Crippen molar-refractivity contribution in [1.82, 2.24) is 15.3 Å². The van der Waals surface area contributed by atoms with Crippen LogP contribution in [-0.2, 0) is 0 Å². The van der Waals surface area contributed by atoms with E-state index in [1.807, 2.05) is 25.1 Å². The van der Waals surface area contributed by atoms with Crippen LogP contribution in [0.3, 0.4) is 0 Å². The SMILES string of the molecule is CCCCNC(=O)c1cnc(Nc2cc(Cl)ccc2C)cn1. The Bertz CT molecular complexity index is 643. The first kappa shape index (κ1) is 16.2. The van der Waals surface area contributed by atoms with Gasteiger partial charge in [-0.25, -0.2) is 9.97 Å². The van der Waals surface area contributed by atoms with Crippen molar-refractivity contribution in [3.05, 3.63) is 46.9 Å². The highest BCUT2D eigenvalue weighted by molar-refractivity contribution is 6.30. The van der Waals surface area contributed by atoms with Crippen molar-refractivity contribution in [2.45, 2.75) is 26.7 Å². The molecule has 0 atom stereocenters. The molecule has 0 unspecified atom stereocenters. The van der Waals surface area contributed by atoms with Crippen LogP contribution >= 0.6 is 11.6 Å². The standard InChI is InChI=1S/C16H19ClN4O/c1-3-4-7-18-16(22)14-9-20-15(10-19-14)21-13-8-12(17)6-5-11(13)2/h5-6,8-10H,3-4,7H2,1-2H3,(H,18,22)(H,20,21). The lowest BCUT2D eigenvalue weighted by molar-refractivity contribution is 0.0948. The Morgan fingerprint density at radius 2 is 2.09 bits per heavy atom. The van der Waals surface area contributed by atoms with Crippen molar-refractivity contribution in [1.29, 1.82) is 0 Å². The molecule has 0 saturated carbocycles. The highest BCUT2D eigenvalue weighted by Crippen LogP contribution is 2.22. The van der Waals surface area contributed by atoms with Crippen LogP contribution in [0, 0.1) is 6.92 Å². The van der Waals surface area contributed by atoms with E-state index in [-0.39, 0.29) is 5.91 Å². The van der Waals surface area contributed by atoms with Crippen molar-refractivity contribution in [2.75, 3.05) is 11.9 Å². The number of hydrogen-bond donors (Lipinski definition) is 2. The number of hydrogen-bond acceptors (Lipinski definition) is 4. The van der Waals surface area contributed by atoms with E-state index in [2.05, 4.69) is 27.5 Å². The van der Waals surface area contributed by atoms with Crippen LogP contribution in [0.15, 0.2) is 30.6 Å². The average Bonchev–Trinajstić information content (AvgIpc) is 2.52. The molecule has 0 saturated heterocycles. The van der Waals surface area contributed by atoms with Gasteiger partial charge in [-0.1, -0.05) is 31.0 Å². The molecule has 0 aliphatic heterocycles. The second-order valence-electron chi connectivity index (χ2n) is 4.98. The fraction of sp³-hybridized carbons (Fsp3) is 0.312. The number of amides is 1. The molecular weight excluding hydrogens is 300 g/mol. The van der Waals surface area contributed by atoms with E-state index in [0.717, 1.165) is 24.1 Å². The van der Waals surface area contributed by atoms with E-state index in [1.165, 1.54) is 12.4 Å². The molecule has 116 valence electrons. The van der Waals surface area contributed by atoms with Crippen LogP contribution < -0.4 is 10.6 Å². The number of unbranched alkanes of at least 4 members (excludes halogenated alkanes) is 1. The smallest absolute Gasteiger partial charge is 0.271 e. The number of aryl methyl sites for hydroxylation is 1. The van der Waals surface area contributed by atoms with Gasteiger partial charge in [0.25, 0.3) is 5.91 Å². The maximum absolute atomic E-state index is 11.8. The van der Waals surface area contributed by atoms with Gasteiger partial charge in [-0.3, -0.25) is 4.79 Å². The van der Waals surface area contributed by atoms with Gasteiger partial charge in [0.15, 0.2) is 0 Å². The first-order valence-electron chi connectivity index (χ1n) is 7.23. The Morgan fingerprint density at radius 1 is 1.27 bits per heavy atom. The summed E-state index contributed by atoms with van der Waals surface area (Å²) in [5.41, 5.74) is 2.22. The molecule has 0 bridgehead atoms. The largest absolute Gasteiger partial charge is 0.351 e. The lowest BCUT2D eigenvalue weighted by Gasteiger charge is -2.09. The summed E-state index contributed by atoms with van der Waals surface area (Å²) >= 11 is 5.98. The first-order chi connectivity index (χ1) is 10.6. The van der Waals surface area contributed by atoms with Crippen LogP contribution in [0.5, 0.6) is 0 Å². The Morgan fingerprint density at radius 3 is 2.77 bits per heavy atom. The second-order valence-corrected chi connectivity index (χ2v) is 5.42. The molecule has 2 aromatic rings. The van der Waals surface area contributed by atoms with Crippen molar-refractivity contribution in [3.63, 3.8) is 0 Å². The third-order valence-corrected chi connectivity index (χ3v) is 3.40. The van der Waals surface area contributed by atoms with Crippen LogP contribution in [0.1, 0.15) is 35.8 Å². The second kappa shape index (κ2) is 7.75. The van der Waals surface area contributed by atoms with Gasteiger partial charge in [-0.15, -0.1) is 0 Å². The van der Waals surface area contributed by atoms with Crippen LogP contribution in [0.2, 0.25) is 5.02 Å². The van der Waals surface area contributed by atoms with Crippen LogP contribution in [-0.4, -0.2) is 22.4 Å². The number of halogens is 1. The molecule has 1 heterocycles. The lowest BCUT2D eigenvalue weighted by Crippen LogP contribution is -2.25. The zero-order valence-electron chi connectivity index (χ0n) is 12.7. The topological polar surface area (TPSA) is 66.9 Å². The summed E-state index contributed by atoms with van der Waals surface area (Å²) in [6.07, 6.45) is 4.99. The molecule has 22 heavy (non-hydrogen) atoms. The number of nitrogens with zero attached hydrogens (tertiary/aromatic N) is 2. The van der Waals surface area contributed by atoms with Crippen LogP contribution in [0.4, 0.5) is 11.5 Å². The summed E-state index contributed by atoms with van der Waals surface area (Å²) in [5.74, 6) is 0.363. The van der Waals surface area contributed by atoms with Gasteiger partial charge in [-0.05, 0) is 31.0 Å². The number of rotatable bonds is 6. The summed E-state index contributed by atoms with van der Waals surface area (Å²) < 4.78 is 0. The highest BCUT2D eigenvalue weighted by atomic mass is 35.5. The minimum absolute atomic E-state index is 0.202. The van der Waals surface area contributed by atoms with Gasteiger partial charge in [0.1, 0.15) is 11.5 Å². The van der Waals surface area contributed by atoms with Crippen molar-refractivity contribution in [3.8, 4) is 0 Å². The van der Waals surface area contributed by atoms with Crippen LogP contribution in [0.25, 0.3) is 0 Å². The molecule has 2 rings (SSSR count). The first-order valence-corrected chi connectivity index (χ1v) is 7.61. The summed E-state index contributed by atoms with van der Waals surface area (Å²) in [6.45, 7) is 4.70. The van der Waals surface area contributed by atoms with Gasteiger partial charge < -0.3 is 10.6 Å². The molecule has 1 amide bonds. The third kappa shape index (κ3) is 4.43. The Labute approximate surface area is 135 Å². The molecule has 0 aliphatic rings. The zero-order valence-corrected chi connectivity index (χ0v) is 13.4. The Kier molecular flexibility index (Phi) is 5.72. The quantitative estimate of drug-likeness (QED) is 0.797. The molecule has 6 heteroatoms. The fourth-order valence-corrected chi connectivity index (χ4v) is 2.02. The Hall–Kier alpha value is -2.14. The van der Waals surface area contributed by atoms with E-state index in [9.17, 15) is 4.79 Å². The van der Waals surface area contributed by atoms with Gasteiger partial charge in [-0.2, -0.15) is 0 Å². The summed E-state index contributed by atoms with van der Waals surface area (Å²) in [4.78, 5) is 20.2. The molecule has 0 fully saturated rings. The number of benzene rings is 1. The summed E-state index contributed by atoms with van der Waals surface area (Å²) in [7, 11) is 0. The predicted octanol–water partition coefficient (Wildman–Crippen LogP) is 3.71. The molecule has 1 aromatic heterocycles. The van der Waals surface area contributed by atoms with Crippen molar-refractivity contribution < 1.29 is 4.79 Å². The minimum atomic E-state index is -0.202. The van der Waals surface area contributed by atoms with E-state index in [0.29, 0.717) is 23.1 Å². The maximum Gasteiger partial charge on any atom is 0.271 e. The van der Waals surface area contributed by atoms with Gasteiger partial charge in [0.2, 0.25) is 0 Å².